The molecule has 0 saturated heterocycles. The van der Waals surface area contributed by atoms with Crippen molar-refractivity contribution in [2.75, 3.05) is 0 Å². The standard InChI is InChI=1S/C24H30O6/c1-6-15(2)9-7-8-10-21(26)30-19-12-11-18-13-20(25)24(29,17(4)22(27)28)14-23(18,5)16(19)3/h7-13,15-16,19,29H,4,6,14H2,1-3,5H3,(H,27,28). The van der Waals surface area contributed by atoms with Crippen LogP contribution in [0.4, 0.5) is 0 Å². The molecule has 0 aromatic carbocycles. The number of ether oxygens (including phenoxy) is 1. The quantitative estimate of drug-likeness (QED) is 0.375. The maximum Gasteiger partial charge on any atom is 0.334 e. The molecular weight excluding hydrogens is 384 g/mol. The van der Waals surface area contributed by atoms with E-state index in [0.717, 1.165) is 6.42 Å². The number of esters is 1. The Balaban J connectivity index is 2.21. The van der Waals surface area contributed by atoms with E-state index in [2.05, 4.69) is 20.4 Å². The van der Waals surface area contributed by atoms with Gasteiger partial charge in [-0.25, -0.2) is 9.59 Å². The lowest BCUT2D eigenvalue weighted by Crippen LogP contribution is -2.53. The Morgan fingerprint density at radius 3 is 2.67 bits per heavy atom. The average Bonchev–Trinajstić information content (AvgIpc) is 2.69. The Bertz CT molecular complexity index is 861. The number of hydrogen-bond acceptors (Lipinski definition) is 5. The summed E-state index contributed by atoms with van der Waals surface area (Å²) in [5, 5.41) is 20.1. The van der Waals surface area contributed by atoms with E-state index in [-0.39, 0.29) is 12.3 Å². The number of rotatable bonds is 7. The molecule has 6 heteroatoms. The van der Waals surface area contributed by atoms with E-state index in [1.807, 2.05) is 26.0 Å². The smallest absolute Gasteiger partial charge is 0.334 e. The number of carbonyl (C=O) groups is 3. The fourth-order valence-corrected chi connectivity index (χ4v) is 3.81. The van der Waals surface area contributed by atoms with Crippen LogP contribution >= 0.6 is 0 Å². The van der Waals surface area contributed by atoms with Gasteiger partial charge in [0.15, 0.2) is 11.4 Å². The summed E-state index contributed by atoms with van der Waals surface area (Å²) in [6, 6.07) is 0. The molecule has 0 saturated carbocycles. The molecule has 2 aliphatic carbocycles. The van der Waals surface area contributed by atoms with E-state index < -0.39 is 40.4 Å². The van der Waals surface area contributed by atoms with Gasteiger partial charge in [-0.05, 0) is 30.1 Å². The third-order valence-electron chi connectivity index (χ3n) is 6.38. The molecular formula is C24H30O6. The van der Waals surface area contributed by atoms with Gasteiger partial charge in [0.25, 0.3) is 0 Å². The highest BCUT2D eigenvalue weighted by Crippen LogP contribution is 2.52. The van der Waals surface area contributed by atoms with Gasteiger partial charge >= 0.3 is 11.9 Å². The first-order chi connectivity index (χ1) is 14.0. The van der Waals surface area contributed by atoms with E-state index in [9.17, 15) is 24.6 Å². The van der Waals surface area contributed by atoms with Gasteiger partial charge in [0.1, 0.15) is 6.10 Å². The minimum atomic E-state index is -2.20. The zero-order valence-electron chi connectivity index (χ0n) is 17.9. The van der Waals surface area contributed by atoms with Crippen molar-refractivity contribution in [1.82, 2.24) is 0 Å². The summed E-state index contributed by atoms with van der Waals surface area (Å²) in [5.74, 6) is -2.51. The molecule has 2 N–H and O–H groups in total. The Morgan fingerprint density at radius 2 is 2.07 bits per heavy atom. The number of allylic oxidation sites excluding steroid dienone is 5. The number of carboxylic acids is 1. The normalized spacial score (nSPS) is 32.0. The van der Waals surface area contributed by atoms with Crippen LogP contribution in [0.2, 0.25) is 0 Å². The van der Waals surface area contributed by atoms with Crippen molar-refractivity contribution >= 4 is 17.7 Å². The fraction of sp³-hybridized carbons (Fsp3) is 0.458. The second-order valence-corrected chi connectivity index (χ2v) is 8.38. The van der Waals surface area contributed by atoms with Crippen LogP contribution in [0.1, 0.15) is 40.5 Å². The lowest BCUT2D eigenvalue weighted by Gasteiger charge is -2.48. The average molecular weight is 414 g/mol. The molecule has 0 radical (unpaired) electrons. The van der Waals surface area contributed by atoms with Crippen LogP contribution in [0.15, 0.2) is 60.3 Å². The van der Waals surface area contributed by atoms with Gasteiger partial charge in [0.2, 0.25) is 0 Å². The minimum Gasteiger partial charge on any atom is -0.478 e. The van der Waals surface area contributed by atoms with Crippen LogP contribution in [0.3, 0.4) is 0 Å². The molecule has 0 spiro atoms. The first-order valence-corrected chi connectivity index (χ1v) is 10.1. The number of hydrogen-bond donors (Lipinski definition) is 2. The van der Waals surface area contributed by atoms with Crippen molar-refractivity contribution in [3.8, 4) is 0 Å². The summed E-state index contributed by atoms with van der Waals surface area (Å²) < 4.78 is 5.58. The first-order valence-electron chi connectivity index (χ1n) is 10.1. The number of aliphatic hydroxyl groups is 1. The minimum absolute atomic E-state index is 0.150. The molecule has 30 heavy (non-hydrogen) atoms. The molecule has 162 valence electrons. The van der Waals surface area contributed by atoms with Crippen molar-refractivity contribution in [3.05, 3.63) is 60.3 Å². The van der Waals surface area contributed by atoms with Crippen LogP contribution in [0.5, 0.6) is 0 Å². The SMILES string of the molecule is C=C(C(=O)O)C1(O)CC2(C)C(=CC1=O)C=CC(OC(=O)C=CC=CC(C)CC)C2C. The van der Waals surface area contributed by atoms with Gasteiger partial charge < -0.3 is 14.9 Å². The van der Waals surface area contributed by atoms with E-state index in [4.69, 9.17) is 4.74 Å². The van der Waals surface area contributed by atoms with Crippen molar-refractivity contribution in [2.45, 2.75) is 52.2 Å². The number of aliphatic carboxylic acids is 1. The lowest BCUT2D eigenvalue weighted by molar-refractivity contribution is -0.148. The summed E-state index contributed by atoms with van der Waals surface area (Å²) in [6.07, 6.45) is 11.7. The lowest BCUT2D eigenvalue weighted by atomic mass is 9.57. The number of ketones is 1. The highest BCUT2D eigenvalue weighted by atomic mass is 16.5. The van der Waals surface area contributed by atoms with Crippen molar-refractivity contribution in [1.29, 1.82) is 0 Å². The zero-order chi connectivity index (χ0) is 22.7. The topological polar surface area (TPSA) is 101 Å². The van der Waals surface area contributed by atoms with Gasteiger partial charge in [0.05, 0.1) is 5.57 Å². The van der Waals surface area contributed by atoms with E-state index in [1.54, 1.807) is 18.2 Å². The molecule has 0 amide bonds. The monoisotopic (exact) mass is 414 g/mol. The molecule has 0 aliphatic heterocycles. The molecule has 5 atom stereocenters. The third-order valence-corrected chi connectivity index (χ3v) is 6.38. The zero-order valence-corrected chi connectivity index (χ0v) is 17.9. The molecule has 6 nitrogen and oxygen atoms in total. The highest BCUT2D eigenvalue weighted by molar-refractivity contribution is 6.08. The Hall–Kier alpha value is -2.73. The van der Waals surface area contributed by atoms with Crippen molar-refractivity contribution < 1.29 is 29.3 Å². The van der Waals surface area contributed by atoms with E-state index in [1.165, 1.54) is 12.2 Å². The summed E-state index contributed by atoms with van der Waals surface area (Å²) in [4.78, 5) is 36.0. The van der Waals surface area contributed by atoms with Crippen LogP contribution in [0.25, 0.3) is 0 Å². The van der Waals surface area contributed by atoms with Crippen LogP contribution in [-0.4, -0.2) is 39.6 Å². The predicted octanol–water partition coefficient (Wildman–Crippen LogP) is 3.54. The Kier molecular flexibility index (Phi) is 7.03. The second-order valence-electron chi connectivity index (χ2n) is 8.38. The largest absolute Gasteiger partial charge is 0.478 e. The summed E-state index contributed by atoms with van der Waals surface area (Å²) >= 11 is 0. The molecule has 5 unspecified atom stereocenters. The number of carbonyl (C=O) groups excluding carboxylic acids is 2. The van der Waals surface area contributed by atoms with Gasteiger partial charge in [-0.15, -0.1) is 0 Å². The maximum atomic E-state index is 12.5. The second kappa shape index (κ2) is 8.96. The third kappa shape index (κ3) is 4.54. The van der Waals surface area contributed by atoms with E-state index in [0.29, 0.717) is 11.5 Å². The number of carboxylic acid groups (broad SMARTS) is 1. The van der Waals surface area contributed by atoms with E-state index >= 15 is 0 Å². The molecule has 0 aromatic rings. The van der Waals surface area contributed by atoms with Gasteiger partial charge in [-0.2, -0.15) is 0 Å². The molecule has 0 aromatic heterocycles. The van der Waals surface area contributed by atoms with Crippen molar-refractivity contribution in [2.24, 2.45) is 17.3 Å². The molecule has 2 rings (SSSR count). The highest BCUT2D eigenvalue weighted by Gasteiger charge is 2.54. The first kappa shape index (κ1) is 23.5. The van der Waals surface area contributed by atoms with Crippen molar-refractivity contribution in [3.63, 3.8) is 0 Å². The van der Waals surface area contributed by atoms with Gasteiger partial charge in [0, 0.05) is 17.4 Å². The molecule has 0 fully saturated rings. The van der Waals surface area contributed by atoms with Crippen LogP contribution in [0, 0.1) is 17.3 Å². The Morgan fingerprint density at radius 1 is 1.40 bits per heavy atom. The fourth-order valence-electron chi connectivity index (χ4n) is 3.81. The number of fused-ring (bicyclic) bond motifs is 1. The molecule has 0 bridgehead atoms. The molecule has 0 heterocycles. The summed E-state index contributed by atoms with van der Waals surface area (Å²) in [6.45, 7) is 11.2. The summed E-state index contributed by atoms with van der Waals surface area (Å²) in [5.41, 5.74) is -2.86. The van der Waals surface area contributed by atoms with Crippen LogP contribution in [-0.2, 0) is 19.1 Å². The summed E-state index contributed by atoms with van der Waals surface area (Å²) in [7, 11) is 0. The maximum absolute atomic E-state index is 12.5. The Labute approximate surface area is 177 Å². The predicted molar refractivity (Wildman–Crippen MR) is 113 cm³/mol. The van der Waals surface area contributed by atoms with Gasteiger partial charge in [-0.1, -0.05) is 65.0 Å². The van der Waals surface area contributed by atoms with Crippen LogP contribution < -0.4 is 0 Å². The van der Waals surface area contributed by atoms with Gasteiger partial charge in [-0.3, -0.25) is 4.79 Å². The molecule has 2 aliphatic rings.